The molecule has 9 rings (SSSR count). The SMILES string of the molecule is c1ccc(-c2ccc(-c3cc4ccccc4c4cccc(-c5ccc(N(c6ccccc6)c6ccc(-c7ccccc7)cc6)cc5)c34)cc2)cc1. The Morgan fingerprint density at radius 3 is 1.27 bits per heavy atom. The lowest BCUT2D eigenvalue weighted by Gasteiger charge is -2.26. The van der Waals surface area contributed by atoms with Crippen molar-refractivity contribution in [3.63, 3.8) is 0 Å². The van der Waals surface area contributed by atoms with Gasteiger partial charge in [-0.2, -0.15) is 0 Å². The van der Waals surface area contributed by atoms with E-state index in [0.717, 1.165) is 17.1 Å². The summed E-state index contributed by atoms with van der Waals surface area (Å²) >= 11 is 0. The smallest absolute Gasteiger partial charge is 0.0462 e. The van der Waals surface area contributed by atoms with Gasteiger partial charge in [0.1, 0.15) is 0 Å². The first-order valence-electron chi connectivity index (χ1n) is 17.5. The summed E-state index contributed by atoms with van der Waals surface area (Å²) in [6.07, 6.45) is 0. The molecule has 0 heterocycles. The third-order valence-corrected chi connectivity index (χ3v) is 9.87. The van der Waals surface area contributed by atoms with E-state index in [2.05, 4.69) is 217 Å². The van der Waals surface area contributed by atoms with Gasteiger partial charge in [-0.15, -0.1) is 0 Å². The van der Waals surface area contributed by atoms with Crippen LogP contribution in [0.5, 0.6) is 0 Å². The van der Waals surface area contributed by atoms with E-state index in [9.17, 15) is 0 Å². The number of hydrogen-bond donors (Lipinski definition) is 0. The van der Waals surface area contributed by atoms with Crippen molar-refractivity contribution in [3.05, 3.63) is 212 Å². The van der Waals surface area contributed by atoms with Gasteiger partial charge in [0.25, 0.3) is 0 Å². The predicted molar refractivity (Wildman–Crippen MR) is 218 cm³/mol. The van der Waals surface area contributed by atoms with E-state index in [1.54, 1.807) is 0 Å². The van der Waals surface area contributed by atoms with Gasteiger partial charge in [0.05, 0.1) is 0 Å². The molecule has 0 aliphatic rings. The van der Waals surface area contributed by atoms with Gasteiger partial charge in [-0.05, 0) is 109 Å². The molecule has 0 fully saturated rings. The summed E-state index contributed by atoms with van der Waals surface area (Å²) in [6, 6.07) is 76.5. The molecule has 0 unspecified atom stereocenters. The van der Waals surface area contributed by atoms with Crippen molar-refractivity contribution in [1.82, 2.24) is 0 Å². The van der Waals surface area contributed by atoms with Gasteiger partial charge in [-0.25, -0.2) is 0 Å². The Bertz CT molecular complexity index is 2570. The summed E-state index contributed by atoms with van der Waals surface area (Å²) in [7, 11) is 0. The lowest BCUT2D eigenvalue weighted by atomic mass is 9.88. The van der Waals surface area contributed by atoms with E-state index in [4.69, 9.17) is 0 Å². The van der Waals surface area contributed by atoms with Crippen molar-refractivity contribution in [2.75, 3.05) is 4.90 Å². The lowest BCUT2D eigenvalue weighted by molar-refractivity contribution is 1.28. The first kappa shape index (κ1) is 30.4. The Morgan fingerprint density at radius 2 is 0.667 bits per heavy atom. The third kappa shape index (κ3) is 5.86. The number of nitrogens with zero attached hydrogens (tertiary/aromatic N) is 1. The highest BCUT2D eigenvalue weighted by Crippen LogP contribution is 2.42. The summed E-state index contributed by atoms with van der Waals surface area (Å²) in [6.45, 7) is 0. The van der Waals surface area contributed by atoms with Crippen LogP contribution in [-0.2, 0) is 0 Å². The van der Waals surface area contributed by atoms with Crippen molar-refractivity contribution in [3.8, 4) is 44.5 Å². The monoisotopic (exact) mass is 649 g/mol. The van der Waals surface area contributed by atoms with Gasteiger partial charge in [-0.3, -0.25) is 0 Å². The molecule has 0 atom stereocenters. The number of fused-ring (bicyclic) bond motifs is 3. The minimum Gasteiger partial charge on any atom is -0.311 e. The molecule has 9 aromatic rings. The van der Waals surface area contributed by atoms with Crippen molar-refractivity contribution >= 4 is 38.6 Å². The van der Waals surface area contributed by atoms with Crippen LogP contribution in [0.3, 0.4) is 0 Å². The second-order valence-electron chi connectivity index (χ2n) is 12.9. The summed E-state index contributed by atoms with van der Waals surface area (Å²) in [5, 5.41) is 5.05. The maximum Gasteiger partial charge on any atom is 0.0462 e. The predicted octanol–water partition coefficient (Wildman–Crippen LogP) is 14.1. The van der Waals surface area contributed by atoms with Crippen molar-refractivity contribution < 1.29 is 0 Å². The molecule has 1 heteroatoms. The highest BCUT2D eigenvalue weighted by Gasteiger charge is 2.16. The Hall–Kier alpha value is -6.70. The Kier molecular flexibility index (Phi) is 7.92. The minimum absolute atomic E-state index is 1.11. The molecule has 9 aromatic carbocycles. The van der Waals surface area contributed by atoms with Gasteiger partial charge in [0, 0.05) is 17.1 Å². The number of hydrogen-bond acceptors (Lipinski definition) is 1. The van der Waals surface area contributed by atoms with Crippen LogP contribution in [0.15, 0.2) is 212 Å². The highest BCUT2D eigenvalue weighted by molar-refractivity contribution is 6.18. The molecular weight excluding hydrogens is 615 g/mol. The van der Waals surface area contributed by atoms with Crippen LogP contribution in [0.4, 0.5) is 17.1 Å². The molecule has 240 valence electrons. The average Bonchev–Trinajstić information content (AvgIpc) is 3.22. The maximum atomic E-state index is 2.36. The van der Waals surface area contributed by atoms with E-state index >= 15 is 0 Å². The third-order valence-electron chi connectivity index (χ3n) is 9.87. The largest absolute Gasteiger partial charge is 0.311 e. The van der Waals surface area contributed by atoms with E-state index in [0.29, 0.717) is 0 Å². The van der Waals surface area contributed by atoms with Crippen LogP contribution >= 0.6 is 0 Å². The van der Waals surface area contributed by atoms with Gasteiger partial charge in [0.2, 0.25) is 0 Å². The quantitative estimate of drug-likeness (QED) is 0.155. The van der Waals surface area contributed by atoms with Crippen LogP contribution < -0.4 is 4.90 Å². The molecule has 0 aromatic heterocycles. The molecular formula is C50H35N. The number of anilines is 3. The standard InChI is InChI=1S/C50H35N/c1-4-13-36(14-5-1)38-23-25-41(26-24-38)49-35-42-17-10-11-20-46(42)48-22-12-21-47(50(48)49)40-29-33-45(34-30-40)51(43-18-8-3-9-19-43)44-31-27-39(28-32-44)37-15-6-2-7-16-37/h1-35H. The van der Waals surface area contributed by atoms with Gasteiger partial charge in [-0.1, -0.05) is 170 Å². The second-order valence-corrected chi connectivity index (χ2v) is 12.9. The number of benzene rings is 9. The fourth-order valence-electron chi connectivity index (χ4n) is 7.35. The van der Waals surface area contributed by atoms with E-state index in [1.165, 1.54) is 66.1 Å². The zero-order chi connectivity index (χ0) is 34.0. The summed E-state index contributed by atoms with van der Waals surface area (Å²) < 4.78 is 0. The fraction of sp³-hybridized carbons (Fsp3) is 0. The molecule has 1 nitrogen and oxygen atoms in total. The van der Waals surface area contributed by atoms with Crippen molar-refractivity contribution in [1.29, 1.82) is 0 Å². The van der Waals surface area contributed by atoms with Crippen LogP contribution in [0.25, 0.3) is 66.1 Å². The Morgan fingerprint density at radius 1 is 0.255 bits per heavy atom. The average molecular weight is 650 g/mol. The number of para-hydroxylation sites is 1. The molecule has 0 aliphatic heterocycles. The summed E-state index contributed by atoms with van der Waals surface area (Å²) in [5.41, 5.74) is 13.1. The van der Waals surface area contributed by atoms with Gasteiger partial charge < -0.3 is 4.90 Å². The Labute approximate surface area is 299 Å². The van der Waals surface area contributed by atoms with Crippen LogP contribution in [0.1, 0.15) is 0 Å². The molecule has 0 saturated carbocycles. The maximum absolute atomic E-state index is 2.36. The molecule has 0 amide bonds. The van der Waals surface area contributed by atoms with E-state index < -0.39 is 0 Å². The molecule has 0 N–H and O–H groups in total. The molecule has 0 spiro atoms. The zero-order valence-electron chi connectivity index (χ0n) is 28.2. The summed E-state index contributed by atoms with van der Waals surface area (Å²) in [4.78, 5) is 2.33. The van der Waals surface area contributed by atoms with Crippen LogP contribution in [0.2, 0.25) is 0 Å². The molecule has 0 radical (unpaired) electrons. The summed E-state index contributed by atoms with van der Waals surface area (Å²) in [5.74, 6) is 0. The molecule has 0 bridgehead atoms. The zero-order valence-corrected chi connectivity index (χ0v) is 28.2. The lowest BCUT2D eigenvalue weighted by Crippen LogP contribution is -2.09. The Balaban J connectivity index is 1.15. The van der Waals surface area contributed by atoms with E-state index in [-0.39, 0.29) is 0 Å². The topological polar surface area (TPSA) is 3.24 Å². The minimum atomic E-state index is 1.11. The van der Waals surface area contributed by atoms with Gasteiger partial charge in [0.15, 0.2) is 0 Å². The first-order chi connectivity index (χ1) is 25.3. The van der Waals surface area contributed by atoms with Crippen molar-refractivity contribution in [2.45, 2.75) is 0 Å². The molecule has 0 aliphatic carbocycles. The molecule has 51 heavy (non-hydrogen) atoms. The van der Waals surface area contributed by atoms with Crippen molar-refractivity contribution in [2.24, 2.45) is 0 Å². The normalized spacial score (nSPS) is 11.1. The number of rotatable bonds is 7. The second kappa shape index (κ2) is 13.3. The van der Waals surface area contributed by atoms with E-state index in [1.807, 2.05) is 0 Å². The molecule has 0 saturated heterocycles. The van der Waals surface area contributed by atoms with Gasteiger partial charge >= 0.3 is 0 Å². The highest BCUT2D eigenvalue weighted by atomic mass is 15.1. The van der Waals surface area contributed by atoms with Crippen LogP contribution in [0, 0.1) is 0 Å². The van der Waals surface area contributed by atoms with Crippen LogP contribution in [-0.4, -0.2) is 0 Å². The first-order valence-corrected chi connectivity index (χ1v) is 17.5. The fourth-order valence-corrected chi connectivity index (χ4v) is 7.35.